The van der Waals surface area contributed by atoms with Crippen LogP contribution in [-0.4, -0.2) is 51.5 Å². The Bertz CT molecular complexity index is 1500. The molecule has 42 heavy (non-hydrogen) atoms. The van der Waals surface area contributed by atoms with Gasteiger partial charge in [-0.05, 0) is 61.1 Å². The van der Waals surface area contributed by atoms with Crippen molar-refractivity contribution >= 4 is 51.9 Å². The first kappa shape index (κ1) is 29.3. The third kappa shape index (κ3) is 6.79. The van der Waals surface area contributed by atoms with E-state index < -0.39 is 11.3 Å². The lowest BCUT2D eigenvalue weighted by molar-refractivity contribution is -0.125. The number of carbonyl (C=O) groups excluding carboxylic acids is 3. The summed E-state index contributed by atoms with van der Waals surface area (Å²) in [7, 11) is 0. The summed E-state index contributed by atoms with van der Waals surface area (Å²) >= 11 is 1.26. The minimum atomic E-state index is -0.692. The molecule has 2 heterocycles. The number of fused-ring (bicyclic) bond motifs is 3. The minimum Gasteiger partial charge on any atom is -0.356 e. The van der Waals surface area contributed by atoms with Crippen LogP contribution >= 0.6 is 11.8 Å². The van der Waals surface area contributed by atoms with Crippen LogP contribution in [0.5, 0.6) is 0 Å². The van der Waals surface area contributed by atoms with Crippen molar-refractivity contribution in [3.05, 3.63) is 95.6 Å². The second kappa shape index (κ2) is 13.6. The molecule has 0 radical (unpaired) electrons. The zero-order valence-corrected chi connectivity index (χ0v) is 24.7. The number of carbonyl (C=O) groups is 3. The molecule has 216 valence electrons. The second-order valence-electron chi connectivity index (χ2n) is 10.2. The molecule has 0 bridgehead atoms. The van der Waals surface area contributed by atoms with Gasteiger partial charge in [0.15, 0.2) is 5.17 Å². The SMILES string of the molecule is CCc1ccc(NC(=O)[C@H](CC)SC2=Nc3ccccc3C3=N[C@H](CCC(=O)NCCc4ccccc4)C(=O)N23)cc1. The number of nitrogens with one attached hydrogen (secondary N) is 2. The summed E-state index contributed by atoms with van der Waals surface area (Å²) in [6.45, 7) is 4.56. The van der Waals surface area contributed by atoms with Crippen molar-refractivity contribution in [2.45, 2.75) is 57.2 Å². The van der Waals surface area contributed by atoms with E-state index in [9.17, 15) is 14.4 Å². The van der Waals surface area contributed by atoms with Gasteiger partial charge in [0.2, 0.25) is 11.8 Å². The zero-order chi connectivity index (χ0) is 29.5. The van der Waals surface area contributed by atoms with Crippen LogP contribution in [0.15, 0.2) is 88.8 Å². The molecule has 2 atom stereocenters. The van der Waals surface area contributed by atoms with Crippen molar-refractivity contribution in [1.82, 2.24) is 10.2 Å². The highest BCUT2D eigenvalue weighted by atomic mass is 32.2. The van der Waals surface area contributed by atoms with Gasteiger partial charge in [0.25, 0.3) is 5.91 Å². The predicted octanol–water partition coefficient (Wildman–Crippen LogP) is 5.50. The molecule has 0 unspecified atom stereocenters. The van der Waals surface area contributed by atoms with Gasteiger partial charge in [0.1, 0.15) is 11.9 Å². The number of hydrogen-bond acceptors (Lipinski definition) is 6. The maximum Gasteiger partial charge on any atom is 0.259 e. The Hall–Kier alpha value is -4.24. The molecule has 9 heteroatoms. The molecule has 0 saturated heterocycles. The average Bonchev–Trinajstić information content (AvgIpc) is 3.36. The summed E-state index contributed by atoms with van der Waals surface area (Å²) in [6, 6.07) is 24.6. The largest absolute Gasteiger partial charge is 0.356 e. The van der Waals surface area contributed by atoms with Gasteiger partial charge in [0.05, 0.1) is 10.9 Å². The lowest BCUT2D eigenvalue weighted by Gasteiger charge is -2.27. The van der Waals surface area contributed by atoms with Gasteiger partial charge in [-0.1, -0.05) is 80.2 Å². The Morgan fingerprint density at radius 1 is 0.952 bits per heavy atom. The number of amides is 3. The van der Waals surface area contributed by atoms with Crippen LogP contribution in [0.2, 0.25) is 0 Å². The fourth-order valence-corrected chi connectivity index (χ4v) is 5.93. The third-order valence-corrected chi connectivity index (χ3v) is 8.63. The Labute approximate surface area is 250 Å². The molecule has 0 aromatic heterocycles. The summed E-state index contributed by atoms with van der Waals surface area (Å²) in [6.07, 6.45) is 2.70. The van der Waals surface area contributed by atoms with Gasteiger partial charge in [-0.2, -0.15) is 0 Å². The molecule has 2 aliphatic heterocycles. The van der Waals surface area contributed by atoms with Crippen molar-refractivity contribution in [2.24, 2.45) is 9.98 Å². The molecule has 3 aromatic carbocycles. The van der Waals surface area contributed by atoms with Crippen LogP contribution in [0.1, 0.15) is 49.8 Å². The Balaban J connectivity index is 1.25. The number of para-hydroxylation sites is 1. The molecule has 0 saturated carbocycles. The van der Waals surface area contributed by atoms with Gasteiger partial charge in [0, 0.05) is 24.2 Å². The first-order valence-electron chi connectivity index (χ1n) is 14.4. The van der Waals surface area contributed by atoms with Gasteiger partial charge in [-0.25, -0.2) is 9.89 Å². The number of rotatable bonds is 11. The average molecular weight is 582 g/mol. The lowest BCUT2D eigenvalue weighted by Crippen LogP contribution is -2.42. The summed E-state index contributed by atoms with van der Waals surface area (Å²) in [5, 5.41) is 5.90. The highest BCUT2D eigenvalue weighted by molar-refractivity contribution is 8.15. The summed E-state index contributed by atoms with van der Waals surface area (Å²) < 4.78 is 0. The fraction of sp³-hybridized carbons (Fsp3) is 0.303. The van der Waals surface area contributed by atoms with E-state index in [2.05, 4.69) is 17.6 Å². The van der Waals surface area contributed by atoms with E-state index in [0.29, 0.717) is 36.1 Å². The minimum absolute atomic E-state index is 0.109. The molecular weight excluding hydrogens is 546 g/mol. The van der Waals surface area contributed by atoms with Crippen LogP contribution in [0.3, 0.4) is 0 Å². The van der Waals surface area contributed by atoms with Crippen LogP contribution < -0.4 is 10.6 Å². The van der Waals surface area contributed by atoms with E-state index in [1.807, 2.05) is 85.8 Å². The highest BCUT2D eigenvalue weighted by Gasteiger charge is 2.42. The first-order valence-corrected chi connectivity index (χ1v) is 15.3. The number of thioether (sulfide) groups is 1. The molecule has 2 aliphatic rings. The fourth-order valence-electron chi connectivity index (χ4n) is 4.91. The molecule has 8 nitrogen and oxygen atoms in total. The summed E-state index contributed by atoms with van der Waals surface area (Å²) in [4.78, 5) is 50.5. The molecule has 3 aromatic rings. The van der Waals surface area contributed by atoms with Crippen LogP contribution in [-0.2, 0) is 27.2 Å². The number of benzene rings is 3. The quantitative estimate of drug-likeness (QED) is 0.312. The molecule has 5 rings (SSSR count). The highest BCUT2D eigenvalue weighted by Crippen LogP contribution is 2.36. The smallest absolute Gasteiger partial charge is 0.259 e. The summed E-state index contributed by atoms with van der Waals surface area (Å²) in [5.74, 6) is 0.0329. The van der Waals surface area contributed by atoms with E-state index in [1.165, 1.54) is 22.2 Å². The standard InChI is InChI=1S/C33H35N5O3S/c1-3-22-14-16-24(17-15-22)35-31(40)28(4-2)42-33-37-26-13-9-8-12-25(26)30-36-27(32(41)38(30)33)18-19-29(39)34-21-20-23-10-6-5-7-11-23/h5-17,27-28H,3-4,18-21H2,1-2H3,(H,34,39)(H,35,40)/t27-,28+/m1/s1. The van der Waals surface area contributed by atoms with E-state index in [1.54, 1.807) is 0 Å². The molecule has 0 aliphatic carbocycles. The van der Waals surface area contributed by atoms with E-state index in [-0.39, 0.29) is 24.1 Å². The third-order valence-electron chi connectivity index (χ3n) is 7.31. The Kier molecular flexibility index (Phi) is 9.48. The Morgan fingerprint density at radius 2 is 1.69 bits per heavy atom. The summed E-state index contributed by atoms with van der Waals surface area (Å²) in [5.41, 5.74) is 4.55. The molecule has 0 fully saturated rings. The van der Waals surface area contributed by atoms with Gasteiger partial charge in [-0.15, -0.1) is 0 Å². The van der Waals surface area contributed by atoms with Crippen LogP contribution in [0.4, 0.5) is 11.4 Å². The molecule has 0 spiro atoms. The van der Waals surface area contributed by atoms with E-state index >= 15 is 0 Å². The monoisotopic (exact) mass is 581 g/mol. The second-order valence-corrected chi connectivity index (χ2v) is 11.4. The maximum atomic E-state index is 13.6. The molecule has 2 N–H and O–H groups in total. The van der Waals surface area contributed by atoms with Crippen molar-refractivity contribution in [3.8, 4) is 0 Å². The van der Waals surface area contributed by atoms with Gasteiger partial charge in [-0.3, -0.25) is 19.4 Å². The molecule has 3 amide bonds. The number of amidine groups is 2. The van der Waals surface area contributed by atoms with Crippen molar-refractivity contribution in [1.29, 1.82) is 0 Å². The zero-order valence-electron chi connectivity index (χ0n) is 23.9. The normalized spacial score (nSPS) is 16.2. The first-order chi connectivity index (χ1) is 20.5. The van der Waals surface area contributed by atoms with E-state index in [0.717, 1.165) is 29.7 Å². The topological polar surface area (TPSA) is 103 Å². The van der Waals surface area contributed by atoms with Crippen molar-refractivity contribution < 1.29 is 14.4 Å². The van der Waals surface area contributed by atoms with Gasteiger partial charge >= 0.3 is 0 Å². The number of hydrogen-bond donors (Lipinski definition) is 2. The number of aryl methyl sites for hydroxylation is 1. The predicted molar refractivity (Wildman–Crippen MR) is 169 cm³/mol. The van der Waals surface area contributed by atoms with Crippen LogP contribution in [0, 0.1) is 0 Å². The van der Waals surface area contributed by atoms with Gasteiger partial charge < -0.3 is 10.6 Å². The maximum absolute atomic E-state index is 13.6. The molecular formula is C33H35N5O3S. The Morgan fingerprint density at radius 3 is 2.43 bits per heavy atom. The van der Waals surface area contributed by atoms with Crippen LogP contribution in [0.25, 0.3) is 0 Å². The van der Waals surface area contributed by atoms with Crippen molar-refractivity contribution in [2.75, 3.05) is 11.9 Å². The number of aliphatic imine (C=N–C) groups is 2. The number of nitrogens with zero attached hydrogens (tertiary/aromatic N) is 3. The number of anilines is 1. The lowest BCUT2D eigenvalue weighted by atomic mass is 10.1. The van der Waals surface area contributed by atoms with Crippen molar-refractivity contribution in [3.63, 3.8) is 0 Å². The van der Waals surface area contributed by atoms with E-state index in [4.69, 9.17) is 9.98 Å².